The Morgan fingerprint density at radius 3 is 3.08 bits per heavy atom. The zero-order chi connectivity index (χ0) is 16.9. The molecule has 0 saturated carbocycles. The topological polar surface area (TPSA) is 52.0 Å². The van der Waals surface area contributed by atoms with Gasteiger partial charge in [0.05, 0.1) is 18.0 Å². The Kier molecular flexibility index (Phi) is 5.63. The van der Waals surface area contributed by atoms with Gasteiger partial charge in [0, 0.05) is 50.1 Å². The van der Waals surface area contributed by atoms with Crippen molar-refractivity contribution in [3.63, 3.8) is 0 Å². The Morgan fingerprint density at radius 2 is 2.33 bits per heavy atom. The van der Waals surface area contributed by atoms with E-state index >= 15 is 0 Å². The Labute approximate surface area is 144 Å². The zero-order valence-corrected chi connectivity index (χ0v) is 14.9. The van der Waals surface area contributed by atoms with E-state index in [1.807, 2.05) is 30.2 Å². The standard InChI is InChI=1S/C19H28N4O/c1-4-15-7-5-9-20-18(15)14(2)21-11-16-8-6-10-24-19(16)17-12-22-23(3)13-17/h5,7,9,12-14,16,19,21H,4,6,8,10-11H2,1-3H3/t14?,16-,19+/m0/s1. The average Bonchev–Trinajstić information content (AvgIpc) is 3.06. The molecule has 3 rings (SSSR count). The number of aryl methyl sites for hydroxylation is 2. The highest BCUT2D eigenvalue weighted by molar-refractivity contribution is 5.22. The molecule has 24 heavy (non-hydrogen) atoms. The average molecular weight is 328 g/mol. The van der Waals surface area contributed by atoms with Crippen molar-refractivity contribution >= 4 is 0 Å². The first-order valence-electron chi connectivity index (χ1n) is 8.96. The summed E-state index contributed by atoms with van der Waals surface area (Å²) in [4.78, 5) is 4.59. The second-order valence-electron chi connectivity index (χ2n) is 6.67. The molecule has 5 heteroatoms. The van der Waals surface area contributed by atoms with E-state index in [0.717, 1.165) is 31.7 Å². The third-order valence-electron chi connectivity index (χ3n) is 4.90. The van der Waals surface area contributed by atoms with E-state index in [-0.39, 0.29) is 12.1 Å². The first kappa shape index (κ1) is 17.1. The minimum atomic E-state index is 0.140. The molecule has 1 aliphatic heterocycles. The summed E-state index contributed by atoms with van der Waals surface area (Å²) in [7, 11) is 1.95. The highest BCUT2D eigenvalue weighted by Crippen LogP contribution is 2.33. The second-order valence-corrected chi connectivity index (χ2v) is 6.67. The number of hydrogen-bond acceptors (Lipinski definition) is 4. The maximum absolute atomic E-state index is 6.06. The van der Waals surface area contributed by atoms with Crippen molar-refractivity contribution in [1.82, 2.24) is 20.1 Å². The minimum Gasteiger partial charge on any atom is -0.373 e. The summed E-state index contributed by atoms with van der Waals surface area (Å²) in [6, 6.07) is 4.43. The van der Waals surface area contributed by atoms with Crippen LogP contribution >= 0.6 is 0 Å². The van der Waals surface area contributed by atoms with Crippen molar-refractivity contribution < 1.29 is 4.74 Å². The Bertz CT molecular complexity index is 654. The molecule has 1 aliphatic rings. The first-order chi connectivity index (χ1) is 11.7. The van der Waals surface area contributed by atoms with Gasteiger partial charge in [0.15, 0.2) is 0 Å². The molecular formula is C19H28N4O. The number of nitrogens with zero attached hydrogens (tertiary/aromatic N) is 3. The van der Waals surface area contributed by atoms with E-state index in [2.05, 4.69) is 41.5 Å². The van der Waals surface area contributed by atoms with Gasteiger partial charge in [0.25, 0.3) is 0 Å². The lowest BCUT2D eigenvalue weighted by molar-refractivity contribution is -0.0284. The molecular weight excluding hydrogens is 300 g/mol. The van der Waals surface area contributed by atoms with Crippen LogP contribution in [0.3, 0.4) is 0 Å². The van der Waals surface area contributed by atoms with Gasteiger partial charge in [-0.3, -0.25) is 9.67 Å². The van der Waals surface area contributed by atoms with Crippen molar-refractivity contribution in [3.8, 4) is 0 Å². The molecule has 2 aromatic rings. The fraction of sp³-hybridized carbons (Fsp3) is 0.579. The van der Waals surface area contributed by atoms with Crippen LogP contribution in [0.2, 0.25) is 0 Å². The summed E-state index contributed by atoms with van der Waals surface area (Å²) in [6.07, 6.45) is 9.35. The van der Waals surface area contributed by atoms with Gasteiger partial charge in [-0.15, -0.1) is 0 Å². The minimum absolute atomic E-state index is 0.140. The monoisotopic (exact) mass is 328 g/mol. The first-order valence-corrected chi connectivity index (χ1v) is 8.96. The predicted molar refractivity (Wildman–Crippen MR) is 94.7 cm³/mol. The van der Waals surface area contributed by atoms with E-state index in [9.17, 15) is 0 Å². The molecule has 0 aliphatic carbocycles. The van der Waals surface area contributed by atoms with E-state index in [1.54, 1.807) is 0 Å². The molecule has 3 heterocycles. The summed E-state index contributed by atoms with van der Waals surface area (Å²) >= 11 is 0. The molecule has 5 nitrogen and oxygen atoms in total. The van der Waals surface area contributed by atoms with E-state index < -0.39 is 0 Å². The lowest BCUT2D eigenvalue weighted by Crippen LogP contribution is -2.33. The summed E-state index contributed by atoms with van der Waals surface area (Å²) < 4.78 is 7.91. The van der Waals surface area contributed by atoms with Gasteiger partial charge < -0.3 is 10.1 Å². The molecule has 1 N–H and O–H groups in total. The molecule has 1 saturated heterocycles. The molecule has 2 aromatic heterocycles. The zero-order valence-electron chi connectivity index (χ0n) is 14.9. The van der Waals surface area contributed by atoms with Crippen LogP contribution in [0.15, 0.2) is 30.7 Å². The molecule has 1 fully saturated rings. The van der Waals surface area contributed by atoms with Crippen molar-refractivity contribution in [1.29, 1.82) is 0 Å². The number of pyridine rings is 1. The van der Waals surface area contributed by atoms with E-state index in [0.29, 0.717) is 5.92 Å². The Balaban J connectivity index is 1.65. The van der Waals surface area contributed by atoms with Crippen LogP contribution in [-0.4, -0.2) is 27.9 Å². The number of ether oxygens (including phenoxy) is 1. The largest absolute Gasteiger partial charge is 0.373 e. The quantitative estimate of drug-likeness (QED) is 0.885. The van der Waals surface area contributed by atoms with Crippen LogP contribution in [-0.2, 0) is 18.2 Å². The molecule has 0 radical (unpaired) electrons. The highest BCUT2D eigenvalue weighted by atomic mass is 16.5. The summed E-state index contributed by atoms with van der Waals surface area (Å²) in [6.45, 7) is 6.15. The van der Waals surface area contributed by atoms with Crippen LogP contribution in [0.25, 0.3) is 0 Å². The van der Waals surface area contributed by atoms with Crippen LogP contribution < -0.4 is 5.32 Å². The number of aromatic nitrogens is 3. The van der Waals surface area contributed by atoms with Gasteiger partial charge in [-0.05, 0) is 37.8 Å². The molecule has 130 valence electrons. The van der Waals surface area contributed by atoms with Gasteiger partial charge in [-0.25, -0.2) is 0 Å². The summed E-state index contributed by atoms with van der Waals surface area (Å²) in [5.41, 5.74) is 3.67. The molecule has 1 unspecified atom stereocenters. The van der Waals surface area contributed by atoms with Gasteiger partial charge in [0.2, 0.25) is 0 Å². The van der Waals surface area contributed by atoms with Crippen LogP contribution in [0, 0.1) is 5.92 Å². The maximum atomic E-state index is 6.06. The van der Waals surface area contributed by atoms with Crippen molar-refractivity contribution in [2.75, 3.05) is 13.2 Å². The second kappa shape index (κ2) is 7.90. The van der Waals surface area contributed by atoms with E-state index in [1.165, 1.54) is 17.5 Å². The van der Waals surface area contributed by atoms with Crippen molar-refractivity contribution in [2.24, 2.45) is 13.0 Å². The predicted octanol–water partition coefficient (Wildman–Crippen LogP) is 3.20. The number of nitrogens with one attached hydrogen (secondary N) is 1. The van der Waals surface area contributed by atoms with Gasteiger partial charge in [-0.1, -0.05) is 13.0 Å². The molecule has 0 amide bonds. The highest BCUT2D eigenvalue weighted by Gasteiger charge is 2.28. The Hall–Kier alpha value is -1.72. The van der Waals surface area contributed by atoms with Gasteiger partial charge in [-0.2, -0.15) is 5.10 Å². The van der Waals surface area contributed by atoms with Crippen LogP contribution in [0.4, 0.5) is 0 Å². The van der Waals surface area contributed by atoms with Gasteiger partial charge in [0.1, 0.15) is 0 Å². The molecule has 0 aromatic carbocycles. The summed E-state index contributed by atoms with van der Waals surface area (Å²) in [5.74, 6) is 0.471. The van der Waals surface area contributed by atoms with Crippen LogP contribution in [0.5, 0.6) is 0 Å². The van der Waals surface area contributed by atoms with Crippen LogP contribution in [0.1, 0.15) is 55.7 Å². The molecule has 0 bridgehead atoms. The fourth-order valence-corrected chi connectivity index (χ4v) is 3.57. The lowest BCUT2D eigenvalue weighted by atomic mass is 9.90. The molecule has 0 spiro atoms. The number of rotatable bonds is 6. The van der Waals surface area contributed by atoms with Crippen molar-refractivity contribution in [3.05, 3.63) is 47.5 Å². The SMILES string of the molecule is CCc1cccnc1C(C)NC[C@@H]1CCCO[C@H]1c1cnn(C)c1. The van der Waals surface area contributed by atoms with E-state index in [4.69, 9.17) is 4.74 Å². The van der Waals surface area contributed by atoms with Crippen molar-refractivity contribution in [2.45, 2.75) is 45.3 Å². The lowest BCUT2D eigenvalue weighted by Gasteiger charge is -2.32. The molecule has 3 atom stereocenters. The normalized spacial score (nSPS) is 22.5. The van der Waals surface area contributed by atoms with Gasteiger partial charge >= 0.3 is 0 Å². The third-order valence-corrected chi connectivity index (χ3v) is 4.90. The fourth-order valence-electron chi connectivity index (χ4n) is 3.57. The Morgan fingerprint density at radius 1 is 1.46 bits per heavy atom. The summed E-state index contributed by atoms with van der Waals surface area (Å²) in [5, 5.41) is 7.98. The smallest absolute Gasteiger partial charge is 0.0895 e. The number of hydrogen-bond donors (Lipinski definition) is 1. The third kappa shape index (κ3) is 3.84. The maximum Gasteiger partial charge on any atom is 0.0895 e.